The monoisotopic (exact) mass is 540 g/mol. The highest BCUT2D eigenvalue weighted by Gasteiger charge is 2.19. The van der Waals surface area contributed by atoms with Crippen molar-refractivity contribution in [3.8, 4) is 22.6 Å². The van der Waals surface area contributed by atoms with E-state index in [0.717, 1.165) is 24.0 Å². The molecule has 0 spiro atoms. The molecule has 0 saturated heterocycles. The van der Waals surface area contributed by atoms with E-state index >= 15 is 0 Å². The van der Waals surface area contributed by atoms with Crippen LogP contribution < -0.4 is 10.0 Å². The molecule has 0 fully saturated rings. The van der Waals surface area contributed by atoms with Crippen molar-refractivity contribution in [1.29, 1.82) is 0 Å². The van der Waals surface area contributed by atoms with Crippen molar-refractivity contribution in [2.45, 2.75) is 11.3 Å². The third-order valence-corrected chi connectivity index (χ3v) is 6.94. The van der Waals surface area contributed by atoms with E-state index in [-0.39, 0.29) is 34.1 Å². The van der Waals surface area contributed by atoms with Crippen molar-refractivity contribution in [3.63, 3.8) is 0 Å². The minimum Gasteiger partial charge on any atom is -0.507 e. The van der Waals surface area contributed by atoms with Crippen molar-refractivity contribution >= 4 is 27.5 Å². The lowest BCUT2D eigenvalue weighted by atomic mass is 10.0. The average molecular weight is 541 g/mol. The summed E-state index contributed by atoms with van der Waals surface area (Å²) in [5.41, 5.74) is 0.325. The van der Waals surface area contributed by atoms with Crippen molar-refractivity contribution in [1.82, 2.24) is 9.78 Å². The standard InChI is InChI=1S/C26H25FN4O6S/c1-31-25(10-12-29-31)28-11-3-13-37-26(34)21-8-7-19(16-24(21)33)30-38(35,36)20-5-2-4-17(14-20)22-15-18(27)6-9-23(22)32/h2,4-10,12,14-16,28,30,32-33H,3,11,13H2,1H3. The van der Waals surface area contributed by atoms with E-state index in [0.29, 0.717) is 18.5 Å². The fourth-order valence-corrected chi connectivity index (χ4v) is 4.73. The quantitative estimate of drug-likeness (QED) is 0.174. The van der Waals surface area contributed by atoms with Crippen molar-refractivity contribution in [2.24, 2.45) is 7.05 Å². The fraction of sp³-hybridized carbons (Fsp3) is 0.154. The molecule has 12 heteroatoms. The molecule has 0 atom stereocenters. The minimum absolute atomic E-state index is 0.0124. The molecule has 0 aliphatic rings. The van der Waals surface area contributed by atoms with Gasteiger partial charge in [0.2, 0.25) is 0 Å². The molecular formula is C26H25FN4O6S. The number of carbonyl (C=O) groups is 1. The number of hydrogen-bond donors (Lipinski definition) is 4. The molecule has 0 amide bonds. The number of esters is 1. The first-order valence-electron chi connectivity index (χ1n) is 11.5. The number of phenolic OH excluding ortho intramolecular Hbond substituents is 2. The Bertz CT molecular complexity index is 1570. The van der Waals surface area contributed by atoms with Crippen LogP contribution in [-0.2, 0) is 21.8 Å². The van der Waals surface area contributed by atoms with Gasteiger partial charge in [0.1, 0.15) is 28.7 Å². The number of phenols is 2. The number of aromatic nitrogens is 2. The van der Waals surface area contributed by atoms with Crippen LogP contribution in [0.2, 0.25) is 0 Å². The number of sulfonamides is 1. The van der Waals surface area contributed by atoms with Crippen LogP contribution >= 0.6 is 0 Å². The number of benzene rings is 3. The predicted molar refractivity (Wildman–Crippen MR) is 139 cm³/mol. The van der Waals surface area contributed by atoms with E-state index in [2.05, 4.69) is 15.1 Å². The maximum absolute atomic E-state index is 13.6. The molecule has 1 heterocycles. The normalized spacial score (nSPS) is 11.2. The molecular weight excluding hydrogens is 515 g/mol. The molecule has 0 radical (unpaired) electrons. The van der Waals surface area contributed by atoms with Crippen molar-refractivity contribution in [3.05, 3.63) is 84.3 Å². The fourth-order valence-electron chi connectivity index (χ4n) is 3.63. The van der Waals surface area contributed by atoms with Crippen LogP contribution in [0.4, 0.5) is 15.9 Å². The number of halogens is 1. The Balaban J connectivity index is 1.38. The lowest BCUT2D eigenvalue weighted by Gasteiger charge is -2.12. The Hall–Kier alpha value is -4.58. The van der Waals surface area contributed by atoms with Crippen molar-refractivity contribution < 1.29 is 32.6 Å². The number of aryl methyl sites for hydroxylation is 1. The largest absolute Gasteiger partial charge is 0.507 e. The summed E-state index contributed by atoms with van der Waals surface area (Å²) in [6.07, 6.45) is 2.17. The molecule has 1 aromatic heterocycles. The Labute approximate surface area is 218 Å². The highest BCUT2D eigenvalue weighted by Crippen LogP contribution is 2.32. The van der Waals surface area contributed by atoms with Gasteiger partial charge in [0.05, 0.1) is 23.4 Å². The molecule has 0 saturated carbocycles. The predicted octanol–water partition coefficient (Wildman–Crippen LogP) is 4.10. The van der Waals surface area contributed by atoms with E-state index in [9.17, 15) is 27.8 Å². The van der Waals surface area contributed by atoms with Gasteiger partial charge in [-0.3, -0.25) is 9.40 Å². The smallest absolute Gasteiger partial charge is 0.341 e. The third kappa shape index (κ3) is 6.21. The number of rotatable bonds is 10. The van der Waals surface area contributed by atoms with Gasteiger partial charge in [-0.15, -0.1) is 0 Å². The highest BCUT2D eigenvalue weighted by molar-refractivity contribution is 7.92. The van der Waals surface area contributed by atoms with Crippen molar-refractivity contribution in [2.75, 3.05) is 23.2 Å². The topological polar surface area (TPSA) is 143 Å². The third-order valence-electron chi connectivity index (χ3n) is 5.57. The molecule has 38 heavy (non-hydrogen) atoms. The molecule has 0 aliphatic carbocycles. The van der Waals surface area contributed by atoms with Crippen LogP contribution in [0.1, 0.15) is 16.8 Å². The summed E-state index contributed by atoms with van der Waals surface area (Å²) in [5.74, 6) is -1.17. The molecule has 4 rings (SSSR count). The zero-order valence-corrected chi connectivity index (χ0v) is 21.1. The number of aromatic hydroxyl groups is 2. The van der Waals surface area contributed by atoms with Gasteiger partial charge in [-0.1, -0.05) is 12.1 Å². The molecule has 198 valence electrons. The van der Waals surface area contributed by atoms with Crippen LogP contribution in [0.25, 0.3) is 11.1 Å². The number of carbonyl (C=O) groups excluding carboxylic acids is 1. The summed E-state index contributed by atoms with van der Waals surface area (Å²) in [6.45, 7) is 0.647. The van der Waals surface area contributed by atoms with E-state index in [1.54, 1.807) is 17.9 Å². The number of nitrogens with one attached hydrogen (secondary N) is 2. The van der Waals surface area contributed by atoms with Gasteiger partial charge in [-0.2, -0.15) is 5.10 Å². The highest BCUT2D eigenvalue weighted by atomic mass is 32.2. The second-order valence-electron chi connectivity index (χ2n) is 8.28. The summed E-state index contributed by atoms with van der Waals surface area (Å²) >= 11 is 0. The maximum atomic E-state index is 13.6. The van der Waals surface area contributed by atoms with Gasteiger partial charge < -0.3 is 20.3 Å². The van der Waals surface area contributed by atoms with E-state index in [1.165, 1.54) is 42.5 Å². The van der Waals surface area contributed by atoms with Crippen LogP contribution in [-0.4, -0.2) is 47.5 Å². The Morgan fingerprint density at radius 2 is 1.87 bits per heavy atom. The van der Waals surface area contributed by atoms with Crippen LogP contribution in [0.3, 0.4) is 0 Å². The molecule has 3 aromatic carbocycles. The maximum Gasteiger partial charge on any atom is 0.341 e. The molecule has 0 aliphatic heterocycles. The lowest BCUT2D eigenvalue weighted by Crippen LogP contribution is -2.14. The summed E-state index contributed by atoms with van der Waals surface area (Å²) in [4.78, 5) is 12.2. The van der Waals surface area contributed by atoms with Crippen LogP contribution in [0.5, 0.6) is 11.5 Å². The van der Waals surface area contributed by atoms with Crippen LogP contribution in [0.15, 0.2) is 77.8 Å². The van der Waals surface area contributed by atoms with E-state index in [1.807, 2.05) is 6.07 Å². The summed E-state index contributed by atoms with van der Waals surface area (Å²) < 4.78 is 48.7. The first-order valence-corrected chi connectivity index (χ1v) is 13.0. The average Bonchev–Trinajstić information content (AvgIpc) is 3.29. The Kier molecular flexibility index (Phi) is 7.82. The summed E-state index contributed by atoms with van der Waals surface area (Å²) in [5, 5.41) is 27.5. The molecule has 10 nitrogen and oxygen atoms in total. The second kappa shape index (κ2) is 11.2. The Morgan fingerprint density at radius 3 is 2.61 bits per heavy atom. The number of anilines is 2. The summed E-state index contributed by atoms with van der Waals surface area (Å²) in [7, 11) is -2.33. The van der Waals surface area contributed by atoms with Gasteiger partial charge in [0, 0.05) is 31.3 Å². The number of hydrogen-bond acceptors (Lipinski definition) is 8. The minimum atomic E-state index is -4.12. The first-order chi connectivity index (χ1) is 18.1. The van der Waals surface area contributed by atoms with Gasteiger partial charge in [0.15, 0.2) is 0 Å². The van der Waals surface area contributed by atoms with Gasteiger partial charge in [0.25, 0.3) is 10.0 Å². The molecule has 4 aromatic rings. The van der Waals surface area contributed by atoms with Gasteiger partial charge in [-0.25, -0.2) is 17.6 Å². The molecule has 0 bridgehead atoms. The van der Waals surface area contributed by atoms with Gasteiger partial charge in [-0.05, 0) is 54.4 Å². The zero-order chi connectivity index (χ0) is 27.3. The van der Waals surface area contributed by atoms with E-state index in [4.69, 9.17) is 4.74 Å². The SMILES string of the molecule is Cn1nccc1NCCCOC(=O)c1ccc(NS(=O)(=O)c2cccc(-c3cc(F)ccc3O)c2)cc1O. The number of ether oxygens (including phenoxy) is 1. The zero-order valence-electron chi connectivity index (χ0n) is 20.3. The second-order valence-corrected chi connectivity index (χ2v) is 9.97. The Morgan fingerprint density at radius 1 is 1.05 bits per heavy atom. The summed E-state index contributed by atoms with van der Waals surface area (Å²) in [6, 6.07) is 14.5. The van der Waals surface area contributed by atoms with Crippen LogP contribution in [0, 0.1) is 5.82 Å². The van der Waals surface area contributed by atoms with E-state index < -0.39 is 27.6 Å². The number of nitrogens with zero attached hydrogens (tertiary/aromatic N) is 2. The lowest BCUT2D eigenvalue weighted by molar-refractivity contribution is 0.0500. The first kappa shape index (κ1) is 26.5. The molecule has 4 N–H and O–H groups in total. The van der Waals surface area contributed by atoms with Gasteiger partial charge >= 0.3 is 5.97 Å². The molecule has 0 unspecified atom stereocenters.